The van der Waals surface area contributed by atoms with Crippen LogP contribution in [0.25, 0.3) is 0 Å². The normalized spacial score (nSPS) is 24.9. The third-order valence-electron chi connectivity index (χ3n) is 5.15. The summed E-state index contributed by atoms with van der Waals surface area (Å²) >= 11 is 7.82. The monoisotopic (exact) mass is 372 g/mol. The first-order valence-corrected chi connectivity index (χ1v) is 9.94. The Kier molecular flexibility index (Phi) is 5.02. The minimum absolute atomic E-state index is 0.0352. The molecule has 3 heterocycles. The number of amides is 1. The third-order valence-corrected chi connectivity index (χ3v) is 6.68. The summed E-state index contributed by atoms with van der Waals surface area (Å²) in [5.74, 6) is 0.678. The lowest BCUT2D eigenvalue weighted by atomic mass is 9.84. The van der Waals surface area contributed by atoms with Crippen molar-refractivity contribution in [3.63, 3.8) is 0 Å². The van der Waals surface area contributed by atoms with Crippen LogP contribution in [0.2, 0.25) is 5.02 Å². The summed E-state index contributed by atoms with van der Waals surface area (Å²) in [4.78, 5) is 17.1. The van der Waals surface area contributed by atoms with Crippen molar-refractivity contribution in [2.24, 2.45) is 5.92 Å². The number of carbonyl (C=O) groups is 1. The number of hydrogen-bond acceptors (Lipinski definition) is 3. The molecule has 1 N–H and O–H groups in total. The molecule has 5 rings (SSSR count). The fourth-order valence-electron chi connectivity index (χ4n) is 3.71. The number of hydrogen-bond donors (Lipinski definition) is 1. The highest BCUT2D eigenvalue weighted by molar-refractivity contribution is 7.99. The van der Waals surface area contributed by atoms with Gasteiger partial charge in [0, 0.05) is 27.9 Å². The fraction of sp³-hybridized carbons (Fsp3) is 0.350. The van der Waals surface area contributed by atoms with E-state index in [1.54, 1.807) is 11.8 Å². The number of carbonyl (C=O) groups excluding carboxylic acids is 1. The molecule has 2 aromatic carbocycles. The molecule has 3 fully saturated rings. The molecule has 25 heavy (non-hydrogen) atoms. The molecule has 0 saturated carbocycles. The largest absolute Gasteiger partial charge is 0.348 e. The molecule has 0 aromatic heterocycles. The zero-order valence-electron chi connectivity index (χ0n) is 14.0. The maximum Gasteiger partial charge on any atom is 0.251 e. The molecule has 3 nitrogen and oxygen atoms in total. The van der Waals surface area contributed by atoms with Gasteiger partial charge in [0.15, 0.2) is 0 Å². The van der Waals surface area contributed by atoms with Gasteiger partial charge in [-0.15, -0.1) is 0 Å². The van der Waals surface area contributed by atoms with Crippen LogP contribution >= 0.6 is 23.4 Å². The summed E-state index contributed by atoms with van der Waals surface area (Å²) in [5.41, 5.74) is 0.722. The van der Waals surface area contributed by atoms with Crippen LogP contribution in [-0.2, 0) is 0 Å². The van der Waals surface area contributed by atoms with E-state index in [-0.39, 0.29) is 5.91 Å². The van der Waals surface area contributed by atoms with Crippen LogP contribution in [0.4, 0.5) is 0 Å². The maximum absolute atomic E-state index is 12.6. The predicted octanol–water partition coefficient (Wildman–Crippen LogP) is 4.32. The van der Waals surface area contributed by atoms with E-state index >= 15 is 0 Å². The van der Waals surface area contributed by atoms with Crippen molar-refractivity contribution in [1.82, 2.24) is 10.2 Å². The Morgan fingerprint density at radius 3 is 2.44 bits per heavy atom. The molecule has 1 amide bonds. The van der Waals surface area contributed by atoms with E-state index < -0.39 is 0 Å². The topological polar surface area (TPSA) is 32.3 Å². The van der Waals surface area contributed by atoms with Gasteiger partial charge in [0.2, 0.25) is 0 Å². The van der Waals surface area contributed by atoms with Gasteiger partial charge >= 0.3 is 0 Å². The summed E-state index contributed by atoms with van der Waals surface area (Å²) in [6, 6.07) is 15.9. The van der Waals surface area contributed by atoms with Crippen LogP contribution in [-0.4, -0.2) is 36.5 Å². The number of nitrogens with one attached hydrogen (secondary N) is 1. The molecule has 0 spiro atoms. The number of piperidine rings is 3. The van der Waals surface area contributed by atoms with Crippen LogP contribution in [0.1, 0.15) is 23.2 Å². The standard InChI is InChI=1S/C20H21ClN2OS/c21-17-3-1-2-4-19(17)25-16-7-5-15(6-8-16)20(24)22-18-13-23-11-9-14(18)10-12-23/h1-8,14,18H,9-13H2,(H,22,24). The van der Waals surface area contributed by atoms with E-state index in [2.05, 4.69) is 10.2 Å². The first kappa shape index (κ1) is 17.0. The second-order valence-electron chi connectivity index (χ2n) is 6.77. The van der Waals surface area contributed by atoms with E-state index in [0.29, 0.717) is 12.0 Å². The number of rotatable bonds is 4. The quantitative estimate of drug-likeness (QED) is 0.867. The molecule has 2 bridgehead atoms. The Morgan fingerprint density at radius 2 is 1.80 bits per heavy atom. The van der Waals surface area contributed by atoms with Crippen molar-refractivity contribution in [2.75, 3.05) is 19.6 Å². The van der Waals surface area contributed by atoms with Gasteiger partial charge in [-0.3, -0.25) is 4.79 Å². The summed E-state index contributed by atoms with van der Waals surface area (Å²) in [5, 5.41) is 3.98. The van der Waals surface area contributed by atoms with Gasteiger partial charge in [0.25, 0.3) is 5.91 Å². The molecular weight excluding hydrogens is 352 g/mol. The van der Waals surface area contributed by atoms with Crippen LogP contribution in [0, 0.1) is 5.92 Å². The van der Waals surface area contributed by atoms with E-state index in [0.717, 1.165) is 26.9 Å². The number of benzene rings is 2. The molecule has 3 aliphatic heterocycles. The smallest absolute Gasteiger partial charge is 0.251 e. The van der Waals surface area contributed by atoms with Crippen molar-refractivity contribution < 1.29 is 4.79 Å². The summed E-state index contributed by atoms with van der Waals surface area (Å²) in [6.45, 7) is 3.37. The Morgan fingerprint density at radius 1 is 1.08 bits per heavy atom. The number of nitrogens with zero attached hydrogens (tertiary/aromatic N) is 1. The van der Waals surface area contributed by atoms with Crippen molar-refractivity contribution in [2.45, 2.75) is 28.7 Å². The summed E-state index contributed by atoms with van der Waals surface area (Å²) < 4.78 is 0. The van der Waals surface area contributed by atoms with Gasteiger partial charge in [-0.2, -0.15) is 0 Å². The van der Waals surface area contributed by atoms with Crippen molar-refractivity contribution >= 4 is 29.3 Å². The average Bonchev–Trinajstić information content (AvgIpc) is 2.65. The molecular formula is C20H21ClN2OS. The van der Waals surface area contributed by atoms with Gasteiger partial charge in [-0.25, -0.2) is 0 Å². The lowest BCUT2D eigenvalue weighted by molar-refractivity contribution is 0.0620. The Hall–Kier alpha value is -1.49. The molecule has 130 valence electrons. The SMILES string of the molecule is O=C(NC1CN2CCC1CC2)c1ccc(Sc2ccccc2Cl)cc1. The zero-order chi connectivity index (χ0) is 17.2. The molecule has 3 aliphatic rings. The second-order valence-corrected chi connectivity index (χ2v) is 8.30. The van der Waals surface area contributed by atoms with Crippen molar-refractivity contribution in [3.8, 4) is 0 Å². The van der Waals surface area contributed by atoms with Gasteiger partial charge in [-0.1, -0.05) is 35.5 Å². The molecule has 2 aromatic rings. The molecule has 0 radical (unpaired) electrons. The van der Waals surface area contributed by atoms with Gasteiger partial charge in [0.05, 0.1) is 5.02 Å². The summed E-state index contributed by atoms with van der Waals surface area (Å²) in [6.07, 6.45) is 2.41. The third kappa shape index (κ3) is 3.86. The highest BCUT2D eigenvalue weighted by Crippen LogP contribution is 2.33. The van der Waals surface area contributed by atoms with Gasteiger partial charge in [0.1, 0.15) is 0 Å². The van der Waals surface area contributed by atoms with Crippen molar-refractivity contribution in [3.05, 3.63) is 59.1 Å². The Labute approximate surface area is 157 Å². The van der Waals surface area contributed by atoms with Crippen LogP contribution < -0.4 is 5.32 Å². The van der Waals surface area contributed by atoms with E-state index in [9.17, 15) is 4.79 Å². The highest BCUT2D eigenvalue weighted by atomic mass is 35.5. The highest BCUT2D eigenvalue weighted by Gasteiger charge is 2.34. The minimum Gasteiger partial charge on any atom is -0.348 e. The van der Waals surface area contributed by atoms with Gasteiger partial charge in [-0.05, 0) is 68.2 Å². The van der Waals surface area contributed by atoms with Crippen LogP contribution in [0.3, 0.4) is 0 Å². The first-order chi connectivity index (χ1) is 12.2. The molecule has 1 atom stereocenters. The number of fused-ring (bicyclic) bond motifs is 3. The lowest BCUT2D eigenvalue weighted by Crippen LogP contribution is -2.57. The first-order valence-electron chi connectivity index (χ1n) is 8.75. The zero-order valence-corrected chi connectivity index (χ0v) is 15.5. The van der Waals surface area contributed by atoms with Crippen LogP contribution in [0.15, 0.2) is 58.3 Å². The Balaban J connectivity index is 1.40. The van der Waals surface area contributed by atoms with E-state index in [1.807, 2.05) is 48.5 Å². The number of halogens is 1. The fourth-order valence-corrected chi connectivity index (χ4v) is 4.80. The Bertz CT molecular complexity index is 757. The van der Waals surface area contributed by atoms with Gasteiger partial charge < -0.3 is 10.2 Å². The predicted molar refractivity (Wildman–Crippen MR) is 102 cm³/mol. The van der Waals surface area contributed by atoms with E-state index in [4.69, 9.17) is 11.6 Å². The molecule has 3 saturated heterocycles. The maximum atomic E-state index is 12.6. The van der Waals surface area contributed by atoms with Crippen LogP contribution in [0.5, 0.6) is 0 Å². The summed E-state index contributed by atoms with van der Waals surface area (Å²) in [7, 11) is 0. The van der Waals surface area contributed by atoms with E-state index in [1.165, 1.54) is 25.9 Å². The second kappa shape index (κ2) is 7.40. The van der Waals surface area contributed by atoms with Crippen molar-refractivity contribution in [1.29, 1.82) is 0 Å². The molecule has 5 heteroatoms. The minimum atomic E-state index is 0.0352. The lowest BCUT2D eigenvalue weighted by Gasteiger charge is -2.44. The average molecular weight is 373 g/mol. The molecule has 1 unspecified atom stereocenters. The molecule has 0 aliphatic carbocycles.